The number of hydrogen-bond acceptors (Lipinski definition) is 4. The number of hydrogen-bond donors (Lipinski definition) is 1. The van der Waals surface area contributed by atoms with Crippen LogP contribution in [-0.4, -0.2) is 29.7 Å². The third kappa shape index (κ3) is 3.70. The van der Waals surface area contributed by atoms with E-state index in [1.54, 1.807) is 0 Å². The summed E-state index contributed by atoms with van der Waals surface area (Å²) in [5.41, 5.74) is 0.941. The van der Waals surface area contributed by atoms with E-state index in [-0.39, 0.29) is 0 Å². The van der Waals surface area contributed by atoms with Crippen LogP contribution in [0.25, 0.3) is 0 Å². The molecule has 0 saturated carbocycles. The van der Waals surface area contributed by atoms with E-state index in [0.717, 1.165) is 24.6 Å². The molecule has 1 N–H and O–H groups in total. The summed E-state index contributed by atoms with van der Waals surface area (Å²) < 4.78 is 5.46. The van der Waals surface area contributed by atoms with Gasteiger partial charge in [-0.1, -0.05) is 6.92 Å². The van der Waals surface area contributed by atoms with Gasteiger partial charge in [-0.25, -0.2) is 4.98 Å². The van der Waals surface area contributed by atoms with Crippen molar-refractivity contribution >= 4 is 0 Å². The molecule has 0 saturated heterocycles. The largest absolute Gasteiger partial charge is 0.476 e. The molecule has 4 heteroatoms. The molecule has 0 bridgehead atoms. The van der Waals surface area contributed by atoms with Gasteiger partial charge >= 0.3 is 0 Å². The lowest BCUT2D eigenvalue weighted by Crippen LogP contribution is -2.20. The Hall–Kier alpha value is -1.16. The predicted molar refractivity (Wildman–Crippen MR) is 55.5 cm³/mol. The van der Waals surface area contributed by atoms with Crippen LogP contribution < -0.4 is 10.1 Å². The zero-order valence-corrected chi connectivity index (χ0v) is 9.00. The summed E-state index contributed by atoms with van der Waals surface area (Å²) in [7, 11) is 0. The van der Waals surface area contributed by atoms with Gasteiger partial charge < -0.3 is 10.1 Å². The second kappa shape index (κ2) is 5.54. The van der Waals surface area contributed by atoms with Gasteiger partial charge in [-0.15, -0.1) is 0 Å². The molecule has 4 nitrogen and oxygen atoms in total. The highest BCUT2D eigenvalue weighted by Gasteiger charge is 1.98. The first-order chi connectivity index (χ1) is 6.72. The Morgan fingerprint density at radius 1 is 1.36 bits per heavy atom. The summed E-state index contributed by atoms with van der Waals surface area (Å²) in [6, 6.07) is 1.85. The van der Waals surface area contributed by atoms with E-state index in [9.17, 15) is 0 Å². The highest BCUT2D eigenvalue weighted by Crippen LogP contribution is 2.07. The van der Waals surface area contributed by atoms with E-state index in [0.29, 0.717) is 12.5 Å². The monoisotopic (exact) mass is 195 g/mol. The van der Waals surface area contributed by atoms with Crippen molar-refractivity contribution in [1.82, 2.24) is 15.3 Å². The molecule has 0 aliphatic rings. The first kappa shape index (κ1) is 10.9. The maximum absolute atomic E-state index is 5.46. The first-order valence-electron chi connectivity index (χ1n) is 4.88. The molecule has 1 rings (SSSR count). The van der Waals surface area contributed by atoms with E-state index < -0.39 is 0 Å². The van der Waals surface area contributed by atoms with E-state index in [1.165, 1.54) is 0 Å². The Balaban J connectivity index is 2.42. The second-order valence-corrected chi connectivity index (χ2v) is 3.10. The van der Waals surface area contributed by atoms with Gasteiger partial charge in [0.25, 0.3) is 0 Å². The van der Waals surface area contributed by atoms with Crippen LogP contribution in [0.15, 0.2) is 6.07 Å². The van der Waals surface area contributed by atoms with Gasteiger partial charge in [-0.2, -0.15) is 4.98 Å². The maximum Gasteiger partial charge on any atom is 0.216 e. The standard InChI is InChI=1S/C10H17N3O/c1-4-11-5-6-14-10-7-8(2)12-9(3)13-10/h7,11H,4-6H2,1-3H3. The van der Waals surface area contributed by atoms with Gasteiger partial charge in [0.2, 0.25) is 5.88 Å². The Labute approximate surface area is 84.7 Å². The van der Waals surface area contributed by atoms with Crippen LogP contribution in [-0.2, 0) is 0 Å². The molecule has 14 heavy (non-hydrogen) atoms. The number of aryl methyl sites for hydroxylation is 2. The summed E-state index contributed by atoms with van der Waals surface area (Å²) in [5, 5.41) is 3.18. The molecule has 1 aromatic heterocycles. The number of ether oxygens (including phenoxy) is 1. The van der Waals surface area contributed by atoms with Crippen LogP contribution in [0.4, 0.5) is 0 Å². The van der Waals surface area contributed by atoms with Gasteiger partial charge in [-0.05, 0) is 20.4 Å². The van der Waals surface area contributed by atoms with Crippen LogP contribution in [0.3, 0.4) is 0 Å². The molecule has 0 aliphatic carbocycles. The molecule has 0 atom stereocenters. The molecule has 1 heterocycles. The molecule has 0 aliphatic heterocycles. The van der Waals surface area contributed by atoms with Crippen molar-refractivity contribution < 1.29 is 4.74 Å². The lowest BCUT2D eigenvalue weighted by Gasteiger charge is -2.06. The van der Waals surface area contributed by atoms with Gasteiger partial charge in [0.15, 0.2) is 0 Å². The topological polar surface area (TPSA) is 47.0 Å². The summed E-state index contributed by atoms with van der Waals surface area (Å²) in [4.78, 5) is 8.34. The van der Waals surface area contributed by atoms with Crippen LogP contribution in [0.1, 0.15) is 18.4 Å². The minimum Gasteiger partial charge on any atom is -0.476 e. The number of likely N-dealkylation sites (N-methyl/N-ethyl adjacent to an activating group) is 1. The Morgan fingerprint density at radius 2 is 2.14 bits per heavy atom. The molecule has 0 aromatic carbocycles. The molecular weight excluding hydrogens is 178 g/mol. The van der Waals surface area contributed by atoms with Gasteiger partial charge in [0.05, 0.1) is 0 Å². The smallest absolute Gasteiger partial charge is 0.216 e. The molecule has 0 spiro atoms. The summed E-state index contributed by atoms with van der Waals surface area (Å²) >= 11 is 0. The van der Waals surface area contributed by atoms with E-state index in [2.05, 4.69) is 22.2 Å². The highest BCUT2D eigenvalue weighted by molar-refractivity contribution is 5.14. The molecule has 1 aromatic rings. The number of rotatable bonds is 5. The average Bonchev–Trinajstić information content (AvgIpc) is 2.11. The molecular formula is C10H17N3O. The van der Waals surface area contributed by atoms with Crippen molar-refractivity contribution in [2.75, 3.05) is 19.7 Å². The van der Waals surface area contributed by atoms with Gasteiger partial charge in [0.1, 0.15) is 12.4 Å². The highest BCUT2D eigenvalue weighted by atomic mass is 16.5. The lowest BCUT2D eigenvalue weighted by atomic mass is 10.4. The van der Waals surface area contributed by atoms with Crippen LogP contribution in [0.2, 0.25) is 0 Å². The number of nitrogens with one attached hydrogen (secondary N) is 1. The van der Waals surface area contributed by atoms with Crippen molar-refractivity contribution in [2.45, 2.75) is 20.8 Å². The van der Waals surface area contributed by atoms with Crippen LogP contribution >= 0.6 is 0 Å². The van der Waals surface area contributed by atoms with E-state index >= 15 is 0 Å². The van der Waals surface area contributed by atoms with E-state index in [1.807, 2.05) is 19.9 Å². The molecule has 78 valence electrons. The summed E-state index contributed by atoms with van der Waals surface area (Å²) in [5.74, 6) is 1.41. The fourth-order valence-electron chi connectivity index (χ4n) is 1.16. The van der Waals surface area contributed by atoms with Crippen molar-refractivity contribution in [1.29, 1.82) is 0 Å². The quantitative estimate of drug-likeness (QED) is 0.714. The molecule has 0 radical (unpaired) electrons. The lowest BCUT2D eigenvalue weighted by molar-refractivity contribution is 0.302. The Morgan fingerprint density at radius 3 is 2.79 bits per heavy atom. The minimum atomic E-state index is 0.643. The first-order valence-corrected chi connectivity index (χ1v) is 4.88. The zero-order valence-electron chi connectivity index (χ0n) is 9.00. The van der Waals surface area contributed by atoms with Gasteiger partial charge in [-0.3, -0.25) is 0 Å². The minimum absolute atomic E-state index is 0.643. The normalized spacial score (nSPS) is 10.2. The number of aromatic nitrogens is 2. The molecule has 0 amide bonds. The Bertz CT molecular complexity index is 268. The molecule has 0 fully saturated rings. The van der Waals surface area contributed by atoms with E-state index in [4.69, 9.17) is 4.74 Å². The van der Waals surface area contributed by atoms with Crippen molar-refractivity contribution in [3.8, 4) is 5.88 Å². The third-order valence-corrected chi connectivity index (χ3v) is 1.72. The fourth-order valence-corrected chi connectivity index (χ4v) is 1.16. The van der Waals surface area contributed by atoms with Gasteiger partial charge in [0, 0.05) is 18.3 Å². The maximum atomic E-state index is 5.46. The van der Waals surface area contributed by atoms with Crippen molar-refractivity contribution in [2.24, 2.45) is 0 Å². The van der Waals surface area contributed by atoms with Crippen molar-refractivity contribution in [3.05, 3.63) is 17.6 Å². The Kier molecular flexibility index (Phi) is 4.32. The predicted octanol–water partition coefficient (Wildman–Crippen LogP) is 1.08. The third-order valence-electron chi connectivity index (χ3n) is 1.72. The van der Waals surface area contributed by atoms with Crippen molar-refractivity contribution in [3.63, 3.8) is 0 Å². The second-order valence-electron chi connectivity index (χ2n) is 3.10. The van der Waals surface area contributed by atoms with Crippen LogP contribution in [0.5, 0.6) is 5.88 Å². The average molecular weight is 195 g/mol. The SMILES string of the molecule is CCNCCOc1cc(C)nc(C)n1. The van der Waals surface area contributed by atoms with Crippen LogP contribution in [0, 0.1) is 13.8 Å². The summed E-state index contributed by atoms with van der Waals surface area (Å²) in [6.07, 6.45) is 0. The molecule has 0 unspecified atom stereocenters. The number of nitrogens with zero attached hydrogens (tertiary/aromatic N) is 2. The summed E-state index contributed by atoms with van der Waals surface area (Å²) in [6.45, 7) is 8.32. The zero-order chi connectivity index (χ0) is 10.4. The fraction of sp³-hybridized carbons (Fsp3) is 0.600.